The fraction of sp³-hybridized carbons (Fsp3) is 0.632. The molecular weight excluding hydrogens is 338 g/mol. The van der Waals surface area contributed by atoms with Gasteiger partial charge in [-0.15, -0.1) is 0 Å². The highest BCUT2D eigenvalue weighted by molar-refractivity contribution is 5.70. The molecule has 2 unspecified atom stereocenters. The number of carbonyl (C=O) groups is 1. The number of aliphatic hydroxyl groups excluding tert-OH is 1. The molecule has 0 radical (unpaired) electrons. The van der Waals surface area contributed by atoms with Crippen molar-refractivity contribution in [1.82, 2.24) is 4.90 Å². The molecule has 0 aliphatic carbocycles. The van der Waals surface area contributed by atoms with Gasteiger partial charge in [0.15, 0.2) is 6.10 Å². The van der Waals surface area contributed by atoms with Gasteiger partial charge in [-0.2, -0.15) is 0 Å². The van der Waals surface area contributed by atoms with Gasteiger partial charge < -0.3 is 24.1 Å². The van der Waals surface area contributed by atoms with E-state index in [0.29, 0.717) is 32.1 Å². The summed E-state index contributed by atoms with van der Waals surface area (Å²) >= 11 is 0. The van der Waals surface area contributed by atoms with Gasteiger partial charge in [-0.05, 0) is 38.5 Å². The van der Waals surface area contributed by atoms with Crippen LogP contribution in [0.4, 0.5) is 4.79 Å². The molecule has 1 saturated heterocycles. The highest BCUT2D eigenvalue weighted by atomic mass is 16.6. The Kier molecular flexibility index (Phi) is 8.15. The predicted molar refractivity (Wildman–Crippen MR) is 96.2 cm³/mol. The van der Waals surface area contributed by atoms with Crippen LogP contribution in [0.2, 0.25) is 0 Å². The molecule has 2 atom stereocenters. The molecule has 0 saturated carbocycles. The highest BCUT2D eigenvalue weighted by Crippen LogP contribution is 2.17. The molecule has 1 N–H and O–H groups in total. The van der Waals surface area contributed by atoms with Crippen molar-refractivity contribution in [3.8, 4) is 5.75 Å². The summed E-state index contributed by atoms with van der Waals surface area (Å²) in [4.78, 5) is 13.3. The fourth-order valence-corrected chi connectivity index (χ4v) is 2.49. The van der Waals surface area contributed by atoms with Crippen molar-refractivity contribution in [2.24, 2.45) is 0 Å². The van der Waals surface area contributed by atoms with E-state index in [4.69, 9.17) is 24.1 Å². The monoisotopic (exact) mass is 367 g/mol. The third kappa shape index (κ3) is 6.48. The van der Waals surface area contributed by atoms with Crippen LogP contribution in [-0.4, -0.2) is 67.3 Å². The number of rotatable bonds is 11. The van der Waals surface area contributed by atoms with E-state index >= 15 is 0 Å². The second-order valence-electron chi connectivity index (χ2n) is 6.62. The largest absolute Gasteiger partial charge is 0.490 e. The summed E-state index contributed by atoms with van der Waals surface area (Å²) in [7, 11) is 0. The standard InChI is InChI=1S/C19H29NO6/c1-14(2)24-9-8-23-12-16-4-6-17(7-5-16)25-13-18-10-20(15(3)11-21)19(22)26-18/h4-7,14-15,18,21H,8-13H2,1-3H3. The number of nitrogens with zero attached hydrogens (tertiary/aromatic N) is 1. The number of ether oxygens (including phenoxy) is 4. The van der Waals surface area contributed by atoms with Gasteiger partial charge in [0.05, 0.1) is 45.1 Å². The molecular formula is C19H29NO6. The lowest BCUT2D eigenvalue weighted by Gasteiger charge is -2.19. The van der Waals surface area contributed by atoms with Gasteiger partial charge in [-0.1, -0.05) is 12.1 Å². The molecule has 7 heteroatoms. The number of aliphatic hydroxyl groups is 1. The van der Waals surface area contributed by atoms with Crippen molar-refractivity contribution in [2.45, 2.75) is 45.6 Å². The Morgan fingerprint density at radius 1 is 1.23 bits per heavy atom. The Labute approximate surface area is 154 Å². The lowest BCUT2D eigenvalue weighted by molar-refractivity contribution is 0.0143. The summed E-state index contributed by atoms with van der Waals surface area (Å²) in [5.74, 6) is 0.710. The average Bonchev–Trinajstić information content (AvgIpc) is 3.00. The van der Waals surface area contributed by atoms with Crippen LogP contribution >= 0.6 is 0 Å². The first kappa shape index (κ1) is 20.5. The number of benzene rings is 1. The van der Waals surface area contributed by atoms with Crippen molar-refractivity contribution in [2.75, 3.05) is 33.0 Å². The Hall–Kier alpha value is -1.83. The normalized spacial score (nSPS) is 18.3. The van der Waals surface area contributed by atoms with E-state index in [9.17, 15) is 4.79 Å². The molecule has 1 aliphatic heterocycles. The van der Waals surface area contributed by atoms with E-state index < -0.39 is 6.09 Å². The predicted octanol–water partition coefficient (Wildman–Crippen LogP) is 2.21. The molecule has 0 bridgehead atoms. The van der Waals surface area contributed by atoms with Crippen LogP contribution in [0.3, 0.4) is 0 Å². The topological polar surface area (TPSA) is 77.5 Å². The molecule has 26 heavy (non-hydrogen) atoms. The number of cyclic esters (lactones) is 1. The zero-order valence-electron chi connectivity index (χ0n) is 15.7. The van der Waals surface area contributed by atoms with Gasteiger partial charge in [0, 0.05) is 0 Å². The Morgan fingerprint density at radius 2 is 1.96 bits per heavy atom. The average molecular weight is 367 g/mol. The second kappa shape index (κ2) is 10.4. The summed E-state index contributed by atoms with van der Waals surface area (Å²) in [5.41, 5.74) is 1.05. The molecule has 2 rings (SSSR count). The Balaban J connectivity index is 1.68. The number of amides is 1. The lowest BCUT2D eigenvalue weighted by atomic mass is 10.2. The minimum absolute atomic E-state index is 0.0875. The van der Waals surface area contributed by atoms with Gasteiger partial charge >= 0.3 is 6.09 Å². The maximum atomic E-state index is 11.7. The first-order valence-corrected chi connectivity index (χ1v) is 8.98. The fourth-order valence-electron chi connectivity index (χ4n) is 2.49. The molecule has 1 aromatic rings. The van der Waals surface area contributed by atoms with Crippen molar-refractivity contribution in [3.63, 3.8) is 0 Å². The van der Waals surface area contributed by atoms with Gasteiger partial charge in [-0.25, -0.2) is 4.79 Å². The van der Waals surface area contributed by atoms with Gasteiger partial charge in [0.2, 0.25) is 0 Å². The molecule has 146 valence electrons. The van der Waals surface area contributed by atoms with Crippen molar-refractivity contribution < 1.29 is 28.8 Å². The second-order valence-corrected chi connectivity index (χ2v) is 6.62. The molecule has 1 aliphatic rings. The molecule has 1 heterocycles. The van der Waals surface area contributed by atoms with Gasteiger partial charge in [0.25, 0.3) is 0 Å². The van der Waals surface area contributed by atoms with Gasteiger partial charge in [0.1, 0.15) is 12.4 Å². The van der Waals surface area contributed by atoms with Crippen molar-refractivity contribution >= 4 is 6.09 Å². The minimum Gasteiger partial charge on any atom is -0.490 e. The van der Waals surface area contributed by atoms with Crippen LogP contribution < -0.4 is 4.74 Å². The summed E-state index contributed by atoms with van der Waals surface area (Å²) in [6.45, 7) is 8.06. The van der Waals surface area contributed by atoms with Crippen LogP contribution in [-0.2, 0) is 20.8 Å². The van der Waals surface area contributed by atoms with Crippen LogP contribution in [0, 0.1) is 0 Å². The SMILES string of the molecule is CC(C)OCCOCc1ccc(OCC2CN(C(C)CO)C(=O)O2)cc1. The zero-order chi connectivity index (χ0) is 18.9. The third-order valence-electron chi connectivity index (χ3n) is 4.01. The molecule has 0 aromatic heterocycles. The summed E-state index contributed by atoms with van der Waals surface area (Å²) in [6.07, 6.45) is -0.525. The summed E-state index contributed by atoms with van der Waals surface area (Å²) in [6, 6.07) is 7.37. The van der Waals surface area contributed by atoms with Crippen LogP contribution in [0.5, 0.6) is 5.75 Å². The van der Waals surface area contributed by atoms with Crippen molar-refractivity contribution in [3.05, 3.63) is 29.8 Å². The quantitative estimate of drug-likeness (QED) is 0.604. The van der Waals surface area contributed by atoms with E-state index in [0.717, 1.165) is 5.56 Å². The molecule has 1 fully saturated rings. The molecule has 0 spiro atoms. The minimum atomic E-state index is -0.408. The maximum absolute atomic E-state index is 11.7. The van der Waals surface area contributed by atoms with Crippen LogP contribution in [0.25, 0.3) is 0 Å². The first-order chi connectivity index (χ1) is 12.5. The van der Waals surface area contributed by atoms with Crippen molar-refractivity contribution in [1.29, 1.82) is 0 Å². The highest BCUT2D eigenvalue weighted by Gasteiger charge is 2.34. The smallest absolute Gasteiger partial charge is 0.410 e. The Bertz CT molecular complexity index is 547. The van der Waals surface area contributed by atoms with E-state index in [1.165, 1.54) is 4.90 Å². The van der Waals surface area contributed by atoms with Crippen LogP contribution in [0.15, 0.2) is 24.3 Å². The molecule has 1 aromatic carbocycles. The maximum Gasteiger partial charge on any atom is 0.410 e. The van der Waals surface area contributed by atoms with E-state index in [-0.39, 0.29) is 31.5 Å². The molecule has 7 nitrogen and oxygen atoms in total. The number of hydrogen-bond acceptors (Lipinski definition) is 6. The summed E-state index contributed by atoms with van der Waals surface area (Å²) < 4.78 is 21.9. The lowest BCUT2D eigenvalue weighted by Crippen LogP contribution is -2.37. The van der Waals surface area contributed by atoms with E-state index in [1.807, 2.05) is 38.1 Å². The Morgan fingerprint density at radius 3 is 2.62 bits per heavy atom. The van der Waals surface area contributed by atoms with Crippen LogP contribution in [0.1, 0.15) is 26.3 Å². The van der Waals surface area contributed by atoms with E-state index in [2.05, 4.69) is 0 Å². The third-order valence-corrected chi connectivity index (χ3v) is 4.01. The van der Waals surface area contributed by atoms with Gasteiger partial charge in [-0.3, -0.25) is 4.90 Å². The summed E-state index contributed by atoms with van der Waals surface area (Å²) in [5, 5.41) is 9.15. The molecule has 1 amide bonds. The zero-order valence-corrected chi connectivity index (χ0v) is 15.7. The number of carbonyl (C=O) groups excluding carboxylic acids is 1. The number of hydrogen-bond donors (Lipinski definition) is 1. The first-order valence-electron chi connectivity index (χ1n) is 8.98. The van der Waals surface area contributed by atoms with E-state index in [1.54, 1.807) is 6.92 Å².